The first-order chi connectivity index (χ1) is 16.8. The van der Waals surface area contributed by atoms with Crippen LogP contribution >= 0.6 is 11.3 Å². The van der Waals surface area contributed by atoms with Gasteiger partial charge in [-0.2, -0.15) is 0 Å². The summed E-state index contributed by atoms with van der Waals surface area (Å²) in [6.45, 7) is 12.2. The lowest BCUT2D eigenvalue weighted by Crippen LogP contribution is -2.48. The van der Waals surface area contributed by atoms with Crippen molar-refractivity contribution in [2.24, 2.45) is 23.5 Å². The molecule has 3 rings (SSSR count). The van der Waals surface area contributed by atoms with Crippen molar-refractivity contribution in [3.8, 4) is 0 Å². The zero-order valence-corrected chi connectivity index (χ0v) is 23.5. The molecule has 0 spiro atoms. The number of esters is 1. The van der Waals surface area contributed by atoms with Gasteiger partial charge in [-0.3, -0.25) is 9.59 Å². The fourth-order valence-corrected chi connectivity index (χ4v) is 6.26. The van der Waals surface area contributed by atoms with E-state index in [0.717, 1.165) is 30.6 Å². The van der Waals surface area contributed by atoms with Crippen molar-refractivity contribution in [1.29, 1.82) is 0 Å². The number of nitrogens with zero attached hydrogens (tertiary/aromatic N) is 1. The van der Waals surface area contributed by atoms with Gasteiger partial charge in [0.25, 0.3) is 0 Å². The Hall–Kier alpha value is -1.93. The maximum absolute atomic E-state index is 14.0. The maximum Gasteiger partial charge on any atom is 0.348 e. The molecule has 36 heavy (non-hydrogen) atoms. The van der Waals surface area contributed by atoms with Crippen LogP contribution in [0.3, 0.4) is 0 Å². The highest BCUT2D eigenvalue weighted by atomic mass is 32.1. The predicted molar refractivity (Wildman–Crippen MR) is 144 cm³/mol. The molecular weight excluding hydrogens is 476 g/mol. The number of carboxylic acid groups (broad SMARTS) is 1. The van der Waals surface area contributed by atoms with Gasteiger partial charge in [0.05, 0.1) is 5.69 Å². The summed E-state index contributed by atoms with van der Waals surface area (Å²) in [5.74, 6) is -0.784. The number of thiophene rings is 1. The molecule has 1 atom stereocenters. The van der Waals surface area contributed by atoms with Crippen molar-refractivity contribution in [2.75, 3.05) is 4.90 Å². The van der Waals surface area contributed by atoms with E-state index < -0.39 is 12.0 Å². The second-order valence-corrected chi connectivity index (χ2v) is 13.2. The minimum Gasteiger partial charge on any atom is -0.477 e. The summed E-state index contributed by atoms with van der Waals surface area (Å²) in [5.41, 5.74) is 6.27. The Bertz CT molecular complexity index is 934. The van der Waals surface area contributed by atoms with Gasteiger partial charge in [-0.1, -0.05) is 41.5 Å². The van der Waals surface area contributed by atoms with Crippen molar-refractivity contribution in [3.63, 3.8) is 0 Å². The molecule has 7 nitrogen and oxygen atoms in total. The molecule has 202 valence electrons. The van der Waals surface area contributed by atoms with E-state index in [1.165, 1.54) is 11.3 Å². The first kappa shape index (κ1) is 28.6. The Kier molecular flexibility index (Phi) is 9.25. The number of carbonyl (C=O) groups is 3. The Balaban J connectivity index is 1.86. The summed E-state index contributed by atoms with van der Waals surface area (Å²) >= 11 is 1.27. The standard InChI is InChI=1S/C28H44N2O5S/c1-16(2)23(29)27(34)35-20-13-11-19(12-14-20)30(25(31)18-9-7-17(3)8-10-18)21-15-22(28(4,5)6)36-24(21)26(32)33/h15-20,23H,7-14,29H2,1-6H3,(H,32,33)/t17?,18?,19?,20?,23-/m0/s1. The summed E-state index contributed by atoms with van der Waals surface area (Å²) in [4.78, 5) is 41.7. The minimum absolute atomic E-state index is 0.00482. The zero-order valence-electron chi connectivity index (χ0n) is 22.7. The Labute approximate surface area is 219 Å². The molecule has 8 heteroatoms. The van der Waals surface area contributed by atoms with Crippen LogP contribution in [0.1, 0.15) is 107 Å². The van der Waals surface area contributed by atoms with Crippen molar-refractivity contribution >= 4 is 34.9 Å². The van der Waals surface area contributed by atoms with E-state index in [0.29, 0.717) is 37.3 Å². The van der Waals surface area contributed by atoms with Crippen molar-refractivity contribution in [1.82, 2.24) is 0 Å². The topological polar surface area (TPSA) is 110 Å². The average Bonchev–Trinajstić information content (AvgIpc) is 3.26. The van der Waals surface area contributed by atoms with E-state index >= 15 is 0 Å². The van der Waals surface area contributed by atoms with Gasteiger partial charge in [0, 0.05) is 16.8 Å². The van der Waals surface area contributed by atoms with Crippen LogP contribution in [0.5, 0.6) is 0 Å². The molecule has 2 aliphatic rings. The Morgan fingerprint density at radius 1 is 1.06 bits per heavy atom. The highest BCUT2D eigenvalue weighted by Crippen LogP contribution is 2.42. The van der Waals surface area contributed by atoms with E-state index in [4.69, 9.17) is 10.5 Å². The summed E-state index contributed by atoms with van der Waals surface area (Å²) < 4.78 is 5.69. The zero-order chi connectivity index (χ0) is 26.8. The van der Waals surface area contributed by atoms with Gasteiger partial charge in [-0.15, -0.1) is 11.3 Å². The molecule has 3 N–H and O–H groups in total. The van der Waals surface area contributed by atoms with Gasteiger partial charge in [-0.25, -0.2) is 4.79 Å². The van der Waals surface area contributed by atoms with E-state index in [2.05, 4.69) is 27.7 Å². The molecule has 0 aliphatic heterocycles. The summed E-state index contributed by atoms with van der Waals surface area (Å²) in [6.07, 6.45) is 6.07. The molecule has 2 saturated carbocycles. The molecular formula is C28H44N2O5S. The quantitative estimate of drug-likeness (QED) is 0.444. The normalized spacial score (nSPS) is 25.9. The fourth-order valence-electron chi connectivity index (χ4n) is 5.22. The van der Waals surface area contributed by atoms with E-state index in [-0.39, 0.29) is 46.2 Å². The first-order valence-corrected chi connectivity index (χ1v) is 14.3. The molecule has 1 heterocycles. The van der Waals surface area contributed by atoms with Crippen molar-refractivity contribution in [3.05, 3.63) is 15.8 Å². The number of amides is 1. The average molecular weight is 521 g/mol. The van der Waals surface area contributed by atoms with E-state index in [1.807, 2.05) is 24.8 Å². The molecule has 1 amide bonds. The molecule has 0 bridgehead atoms. The number of hydrogen-bond donors (Lipinski definition) is 2. The van der Waals surface area contributed by atoms with E-state index in [1.54, 1.807) is 0 Å². The van der Waals surface area contributed by atoms with Gasteiger partial charge in [-0.05, 0) is 74.7 Å². The Morgan fingerprint density at radius 3 is 2.14 bits per heavy atom. The highest BCUT2D eigenvalue weighted by molar-refractivity contribution is 7.14. The van der Waals surface area contributed by atoms with Crippen LogP contribution in [-0.2, 0) is 19.7 Å². The summed E-state index contributed by atoms with van der Waals surface area (Å²) in [7, 11) is 0. The van der Waals surface area contributed by atoms with Crippen molar-refractivity contribution < 1.29 is 24.2 Å². The van der Waals surface area contributed by atoms with Gasteiger partial charge >= 0.3 is 11.9 Å². The number of rotatable bonds is 7. The third kappa shape index (κ3) is 6.68. The van der Waals surface area contributed by atoms with Gasteiger partial charge in [0.1, 0.15) is 17.0 Å². The maximum atomic E-state index is 14.0. The smallest absolute Gasteiger partial charge is 0.348 e. The van der Waals surface area contributed by atoms with Gasteiger partial charge in [0.15, 0.2) is 0 Å². The van der Waals surface area contributed by atoms with Crippen LogP contribution in [0.25, 0.3) is 0 Å². The number of carbonyl (C=O) groups excluding carboxylic acids is 2. The summed E-state index contributed by atoms with van der Waals surface area (Å²) in [6, 6.07) is 1.16. The van der Waals surface area contributed by atoms with Crippen LogP contribution in [0, 0.1) is 17.8 Å². The molecule has 0 saturated heterocycles. The fraction of sp³-hybridized carbons (Fsp3) is 0.750. The van der Waals surface area contributed by atoms with Crippen LogP contribution in [0.2, 0.25) is 0 Å². The second kappa shape index (κ2) is 11.6. The molecule has 0 unspecified atom stereocenters. The molecule has 1 aromatic heterocycles. The second-order valence-electron chi connectivity index (χ2n) is 12.2. The molecule has 0 aromatic carbocycles. The van der Waals surface area contributed by atoms with Crippen LogP contribution in [-0.4, -0.2) is 41.1 Å². The monoisotopic (exact) mass is 520 g/mol. The lowest BCUT2D eigenvalue weighted by Gasteiger charge is -2.39. The van der Waals surface area contributed by atoms with Crippen molar-refractivity contribution in [2.45, 2.75) is 117 Å². The van der Waals surface area contributed by atoms with E-state index in [9.17, 15) is 19.5 Å². The molecule has 0 radical (unpaired) electrons. The van der Waals surface area contributed by atoms with Gasteiger partial charge in [0.2, 0.25) is 5.91 Å². The third-order valence-electron chi connectivity index (χ3n) is 7.79. The lowest BCUT2D eigenvalue weighted by molar-refractivity contribution is -0.153. The number of nitrogens with two attached hydrogens (primary N) is 1. The number of anilines is 1. The van der Waals surface area contributed by atoms with Crippen LogP contribution in [0.4, 0.5) is 5.69 Å². The highest BCUT2D eigenvalue weighted by Gasteiger charge is 2.39. The molecule has 2 aliphatic carbocycles. The van der Waals surface area contributed by atoms with Crippen LogP contribution < -0.4 is 10.6 Å². The predicted octanol–water partition coefficient (Wildman–Crippen LogP) is 5.74. The number of carboxylic acids is 1. The molecule has 1 aromatic rings. The third-order valence-corrected chi connectivity index (χ3v) is 9.33. The first-order valence-electron chi connectivity index (χ1n) is 13.5. The number of aromatic carboxylic acids is 1. The lowest BCUT2D eigenvalue weighted by atomic mass is 9.81. The molecule has 2 fully saturated rings. The number of hydrogen-bond acceptors (Lipinski definition) is 6. The summed E-state index contributed by atoms with van der Waals surface area (Å²) in [5, 5.41) is 10.1. The Morgan fingerprint density at radius 2 is 1.64 bits per heavy atom. The largest absolute Gasteiger partial charge is 0.477 e. The van der Waals surface area contributed by atoms with Gasteiger partial charge < -0.3 is 20.5 Å². The number of ether oxygens (including phenoxy) is 1. The van der Waals surface area contributed by atoms with Crippen LogP contribution in [0.15, 0.2) is 6.07 Å². The SMILES string of the molecule is CC1CCC(C(=O)N(c2cc(C(C)(C)C)sc2C(=O)O)C2CCC(OC(=O)[C@@H](N)C(C)C)CC2)CC1. The minimum atomic E-state index is -0.995.